The lowest BCUT2D eigenvalue weighted by atomic mass is 9.88. The summed E-state index contributed by atoms with van der Waals surface area (Å²) in [5.41, 5.74) is 6.22. The number of hydrogen-bond acceptors (Lipinski definition) is 5. The van der Waals surface area contributed by atoms with Gasteiger partial charge in [0.15, 0.2) is 0 Å². The van der Waals surface area contributed by atoms with Crippen LogP contribution in [0.15, 0.2) is 54.6 Å². The van der Waals surface area contributed by atoms with Gasteiger partial charge in [-0.25, -0.2) is 0 Å². The summed E-state index contributed by atoms with van der Waals surface area (Å²) in [7, 11) is 0. The van der Waals surface area contributed by atoms with Gasteiger partial charge in [0.2, 0.25) is 11.8 Å². The number of ether oxygens (including phenoxy) is 2. The van der Waals surface area contributed by atoms with Crippen molar-refractivity contribution >= 4 is 11.8 Å². The van der Waals surface area contributed by atoms with Crippen LogP contribution in [0.3, 0.4) is 0 Å². The monoisotopic (exact) mass is 421 g/mol. The number of piperidine rings is 1. The molecule has 3 unspecified atom stereocenters. The van der Waals surface area contributed by atoms with Crippen LogP contribution in [0.2, 0.25) is 0 Å². The lowest BCUT2D eigenvalue weighted by Crippen LogP contribution is -2.60. The zero-order valence-electron chi connectivity index (χ0n) is 17.5. The van der Waals surface area contributed by atoms with Crippen LogP contribution in [0.4, 0.5) is 0 Å². The van der Waals surface area contributed by atoms with E-state index in [1.807, 2.05) is 54.6 Å². The average molecular weight is 421 g/mol. The number of rotatable bonds is 7. The molecule has 2 saturated heterocycles. The quantitative estimate of drug-likeness (QED) is 0.715. The molecule has 31 heavy (non-hydrogen) atoms. The van der Waals surface area contributed by atoms with Crippen molar-refractivity contribution in [2.75, 3.05) is 19.8 Å². The van der Waals surface area contributed by atoms with Crippen LogP contribution in [0.1, 0.15) is 25.3 Å². The molecule has 7 nitrogen and oxygen atoms in total. The van der Waals surface area contributed by atoms with Gasteiger partial charge in [-0.15, -0.1) is 0 Å². The summed E-state index contributed by atoms with van der Waals surface area (Å²) in [6, 6.07) is 17.1. The lowest BCUT2D eigenvalue weighted by Gasteiger charge is -2.43. The van der Waals surface area contributed by atoms with Crippen LogP contribution in [0.5, 0.6) is 11.5 Å². The molecule has 1 aliphatic carbocycles. The number of likely N-dealkylation sites (tertiary alicyclic amines) is 1. The molecule has 162 valence electrons. The Balaban J connectivity index is 1.25. The SMILES string of the molecule is CC12CC(C(N)=O)N(C(=O)CNC3(c4ccc(Oc5ccccc5)cc4)COC3)C1C2. The number of carbonyl (C=O) groups excluding carboxylic acids is 2. The summed E-state index contributed by atoms with van der Waals surface area (Å²) in [6.45, 7) is 3.23. The van der Waals surface area contributed by atoms with E-state index in [0.29, 0.717) is 19.6 Å². The first kappa shape index (κ1) is 20.0. The highest BCUT2D eigenvalue weighted by Crippen LogP contribution is 2.59. The summed E-state index contributed by atoms with van der Waals surface area (Å²) in [6.07, 6.45) is 1.61. The highest BCUT2D eigenvalue weighted by Gasteiger charge is 2.64. The molecule has 2 heterocycles. The van der Waals surface area contributed by atoms with Gasteiger partial charge in [0.05, 0.1) is 25.3 Å². The van der Waals surface area contributed by atoms with E-state index in [4.69, 9.17) is 15.2 Å². The molecule has 0 aromatic heterocycles. The Bertz CT molecular complexity index is 990. The van der Waals surface area contributed by atoms with Crippen molar-refractivity contribution in [3.63, 3.8) is 0 Å². The molecule has 2 amide bonds. The van der Waals surface area contributed by atoms with Gasteiger partial charge in [-0.05, 0) is 48.1 Å². The fraction of sp³-hybridized carbons (Fsp3) is 0.417. The molecule has 5 rings (SSSR count). The molecule has 2 aromatic carbocycles. The number of nitrogens with two attached hydrogens (primary N) is 1. The Kier molecular flexibility index (Phi) is 4.75. The summed E-state index contributed by atoms with van der Waals surface area (Å²) < 4.78 is 11.4. The van der Waals surface area contributed by atoms with Gasteiger partial charge in [0, 0.05) is 6.04 Å². The summed E-state index contributed by atoms with van der Waals surface area (Å²) in [5.74, 6) is 1.03. The Labute approximate surface area is 181 Å². The molecule has 3 N–H and O–H groups in total. The van der Waals surface area contributed by atoms with Crippen LogP contribution in [0, 0.1) is 5.41 Å². The maximum absolute atomic E-state index is 13.0. The zero-order valence-corrected chi connectivity index (χ0v) is 17.5. The number of benzene rings is 2. The third-order valence-corrected chi connectivity index (χ3v) is 6.91. The molecule has 0 bridgehead atoms. The van der Waals surface area contributed by atoms with Gasteiger partial charge < -0.3 is 20.1 Å². The number of nitrogens with zero attached hydrogens (tertiary/aromatic N) is 1. The Morgan fingerprint density at radius 2 is 1.77 bits per heavy atom. The Hall–Kier alpha value is -2.90. The highest BCUT2D eigenvalue weighted by molar-refractivity contribution is 5.89. The third-order valence-electron chi connectivity index (χ3n) is 6.91. The van der Waals surface area contributed by atoms with Gasteiger partial charge in [0.1, 0.15) is 17.5 Å². The van der Waals surface area contributed by atoms with Crippen molar-refractivity contribution in [2.45, 2.75) is 37.4 Å². The van der Waals surface area contributed by atoms with Crippen LogP contribution < -0.4 is 15.8 Å². The number of amides is 2. The number of hydrogen-bond donors (Lipinski definition) is 2. The second-order valence-corrected chi connectivity index (χ2v) is 9.17. The summed E-state index contributed by atoms with van der Waals surface area (Å²) in [4.78, 5) is 26.6. The van der Waals surface area contributed by atoms with Crippen molar-refractivity contribution in [3.05, 3.63) is 60.2 Å². The van der Waals surface area contributed by atoms with Crippen molar-refractivity contribution < 1.29 is 19.1 Å². The van der Waals surface area contributed by atoms with E-state index in [0.717, 1.165) is 23.5 Å². The minimum atomic E-state index is -0.499. The zero-order chi connectivity index (χ0) is 21.6. The second-order valence-electron chi connectivity index (χ2n) is 9.17. The van der Waals surface area contributed by atoms with Gasteiger partial charge in [-0.2, -0.15) is 0 Å². The molecule has 3 fully saturated rings. The third kappa shape index (κ3) is 3.58. The maximum Gasteiger partial charge on any atom is 0.240 e. The second kappa shape index (κ2) is 7.35. The topological polar surface area (TPSA) is 93.9 Å². The number of carbonyl (C=O) groups is 2. The van der Waals surface area contributed by atoms with Crippen molar-refractivity contribution in [1.82, 2.24) is 10.2 Å². The lowest BCUT2D eigenvalue weighted by molar-refractivity contribution is -0.139. The summed E-state index contributed by atoms with van der Waals surface area (Å²) >= 11 is 0. The molecule has 1 saturated carbocycles. The van der Waals surface area contributed by atoms with E-state index >= 15 is 0 Å². The normalized spacial score (nSPS) is 27.8. The Morgan fingerprint density at radius 3 is 2.39 bits per heavy atom. The maximum atomic E-state index is 13.0. The molecule has 0 radical (unpaired) electrons. The largest absolute Gasteiger partial charge is 0.457 e. The van der Waals surface area contributed by atoms with Crippen molar-refractivity contribution in [2.24, 2.45) is 11.1 Å². The Morgan fingerprint density at radius 1 is 1.10 bits per heavy atom. The molecular weight excluding hydrogens is 394 g/mol. The molecule has 3 aliphatic rings. The molecule has 3 atom stereocenters. The number of para-hydroxylation sites is 1. The van der Waals surface area contributed by atoms with Crippen LogP contribution >= 0.6 is 0 Å². The van der Waals surface area contributed by atoms with Gasteiger partial charge in [-0.1, -0.05) is 37.3 Å². The number of primary amides is 1. The van der Waals surface area contributed by atoms with Gasteiger partial charge in [0.25, 0.3) is 0 Å². The van der Waals surface area contributed by atoms with Crippen molar-refractivity contribution in [1.29, 1.82) is 0 Å². The smallest absolute Gasteiger partial charge is 0.240 e. The minimum Gasteiger partial charge on any atom is -0.457 e. The van der Waals surface area contributed by atoms with E-state index in [2.05, 4.69) is 12.2 Å². The molecular formula is C24H27N3O4. The van der Waals surface area contributed by atoms with Crippen LogP contribution in [0.25, 0.3) is 0 Å². The molecule has 7 heteroatoms. The van der Waals surface area contributed by atoms with Crippen LogP contribution in [-0.4, -0.2) is 48.6 Å². The van der Waals surface area contributed by atoms with Crippen molar-refractivity contribution in [3.8, 4) is 11.5 Å². The average Bonchev–Trinajstić information content (AvgIpc) is 3.29. The first-order valence-electron chi connectivity index (χ1n) is 10.7. The number of nitrogens with one attached hydrogen (secondary N) is 1. The van der Waals surface area contributed by atoms with E-state index < -0.39 is 17.5 Å². The van der Waals surface area contributed by atoms with E-state index in [9.17, 15) is 9.59 Å². The highest BCUT2D eigenvalue weighted by atomic mass is 16.5. The fourth-order valence-corrected chi connectivity index (χ4v) is 4.86. The molecule has 2 aliphatic heterocycles. The fourth-order valence-electron chi connectivity index (χ4n) is 4.86. The first-order chi connectivity index (χ1) is 14.9. The molecule has 2 aromatic rings. The predicted molar refractivity (Wildman–Crippen MR) is 114 cm³/mol. The first-order valence-corrected chi connectivity index (χ1v) is 10.7. The number of fused-ring (bicyclic) bond motifs is 1. The standard InChI is InChI=1S/C24H27N3O4/c1-23-11-19(22(25)29)27(20(23)12-23)21(28)13-26-24(14-30-15-24)16-7-9-18(10-8-16)31-17-5-3-2-4-6-17/h2-10,19-20,26H,11-15H2,1H3,(H2,25,29). The van der Waals surface area contributed by atoms with Gasteiger partial charge in [-0.3, -0.25) is 14.9 Å². The van der Waals surface area contributed by atoms with Gasteiger partial charge >= 0.3 is 0 Å². The molecule has 0 spiro atoms. The van der Waals surface area contributed by atoms with E-state index in [1.54, 1.807) is 4.90 Å². The van der Waals surface area contributed by atoms with E-state index in [1.165, 1.54) is 0 Å². The van der Waals surface area contributed by atoms with E-state index in [-0.39, 0.29) is 23.9 Å². The summed E-state index contributed by atoms with van der Waals surface area (Å²) in [5, 5.41) is 3.40. The predicted octanol–water partition coefficient (Wildman–Crippen LogP) is 2.16. The van der Waals surface area contributed by atoms with Crippen LogP contribution in [-0.2, 0) is 19.9 Å². The minimum absolute atomic E-state index is 0.0429.